The molecule has 2 fully saturated rings. The van der Waals surface area contributed by atoms with Crippen molar-refractivity contribution < 1.29 is 14.9 Å². The average molecular weight is 379 g/mol. The van der Waals surface area contributed by atoms with Gasteiger partial charge in [0.2, 0.25) is 0 Å². The van der Waals surface area contributed by atoms with Crippen molar-refractivity contribution in [2.24, 2.45) is 17.3 Å². The van der Waals surface area contributed by atoms with Gasteiger partial charge in [-0.15, -0.1) is 0 Å². The molecular weight excluding hydrogens is 348 g/mol. The van der Waals surface area contributed by atoms with Crippen LogP contribution in [0.2, 0.25) is 0 Å². The fraction of sp³-hybridized carbons (Fsp3) is 0.520. The van der Waals surface area contributed by atoms with Crippen LogP contribution in [0, 0.1) is 17.3 Å². The Labute approximate surface area is 167 Å². The zero-order valence-corrected chi connectivity index (χ0v) is 16.8. The molecule has 0 bridgehead atoms. The third kappa shape index (κ3) is 2.59. The molecule has 28 heavy (non-hydrogen) atoms. The van der Waals surface area contributed by atoms with Gasteiger partial charge in [-0.2, -0.15) is 0 Å². The Hall–Kier alpha value is -2.00. The summed E-state index contributed by atoms with van der Waals surface area (Å²) in [5, 5.41) is 20.9. The summed E-state index contributed by atoms with van der Waals surface area (Å²) in [6, 6.07) is 14.5. The van der Waals surface area contributed by atoms with E-state index in [-0.39, 0.29) is 11.5 Å². The van der Waals surface area contributed by atoms with Crippen LogP contribution in [-0.4, -0.2) is 23.4 Å². The molecule has 0 aliphatic heterocycles. The molecule has 3 unspecified atom stereocenters. The number of ether oxygens (including phenoxy) is 1. The van der Waals surface area contributed by atoms with Crippen molar-refractivity contribution in [2.75, 3.05) is 7.11 Å². The number of hydrogen-bond donors (Lipinski definition) is 2. The summed E-state index contributed by atoms with van der Waals surface area (Å²) in [6.07, 6.45) is 5.08. The third-order valence-electron chi connectivity index (χ3n) is 8.21. The van der Waals surface area contributed by atoms with Gasteiger partial charge >= 0.3 is 0 Å². The van der Waals surface area contributed by atoms with Crippen molar-refractivity contribution in [2.45, 2.75) is 57.0 Å². The maximum atomic E-state index is 10.9. The lowest BCUT2D eigenvalue weighted by molar-refractivity contribution is -0.0322. The van der Waals surface area contributed by atoms with Gasteiger partial charge in [-0.05, 0) is 102 Å². The SMILES string of the molecule is COc1ccc([C@H]2C[C@@]3(C)C(CC[C@@H]3O)C3CCc4cc(O)ccc4C32)cc1. The second-order valence-electron chi connectivity index (χ2n) is 9.40. The van der Waals surface area contributed by atoms with Crippen LogP contribution in [0.25, 0.3) is 0 Å². The minimum absolute atomic E-state index is 0.000182. The molecule has 0 spiro atoms. The van der Waals surface area contributed by atoms with Crippen LogP contribution in [0.5, 0.6) is 11.5 Å². The highest BCUT2D eigenvalue weighted by molar-refractivity contribution is 5.43. The molecular formula is C25H30O3. The van der Waals surface area contributed by atoms with Crippen LogP contribution in [0.1, 0.15) is 61.1 Å². The van der Waals surface area contributed by atoms with Crippen molar-refractivity contribution in [1.82, 2.24) is 0 Å². The second-order valence-corrected chi connectivity index (χ2v) is 9.40. The molecule has 0 heterocycles. The molecule has 3 nitrogen and oxygen atoms in total. The van der Waals surface area contributed by atoms with Crippen molar-refractivity contribution in [3.8, 4) is 11.5 Å². The predicted molar refractivity (Wildman–Crippen MR) is 110 cm³/mol. The number of hydrogen-bond acceptors (Lipinski definition) is 3. The van der Waals surface area contributed by atoms with Crippen LogP contribution >= 0.6 is 0 Å². The number of methoxy groups -OCH3 is 1. The number of fused-ring (bicyclic) bond motifs is 5. The Balaban J connectivity index is 1.63. The number of aryl methyl sites for hydroxylation is 1. The minimum atomic E-state index is -0.194. The van der Waals surface area contributed by atoms with Gasteiger partial charge in [-0.3, -0.25) is 0 Å². The lowest BCUT2D eigenvalue weighted by Gasteiger charge is -2.54. The summed E-state index contributed by atoms with van der Waals surface area (Å²) in [7, 11) is 1.70. The van der Waals surface area contributed by atoms with Gasteiger partial charge in [0.25, 0.3) is 0 Å². The summed E-state index contributed by atoms with van der Waals surface area (Å²) in [6.45, 7) is 2.33. The van der Waals surface area contributed by atoms with Gasteiger partial charge < -0.3 is 14.9 Å². The van der Waals surface area contributed by atoms with Crippen LogP contribution in [0.15, 0.2) is 42.5 Å². The average Bonchev–Trinajstić information content (AvgIpc) is 3.01. The summed E-state index contributed by atoms with van der Waals surface area (Å²) in [5.74, 6) is 3.28. The Bertz CT molecular complexity index is 874. The monoisotopic (exact) mass is 378 g/mol. The number of phenols is 1. The lowest BCUT2D eigenvalue weighted by Crippen LogP contribution is -2.47. The van der Waals surface area contributed by atoms with E-state index in [1.54, 1.807) is 7.11 Å². The van der Waals surface area contributed by atoms with E-state index in [2.05, 4.69) is 37.3 Å². The van der Waals surface area contributed by atoms with E-state index in [0.29, 0.717) is 29.4 Å². The molecule has 0 amide bonds. The molecule has 3 aliphatic rings. The Kier molecular flexibility index (Phi) is 4.20. The molecule has 5 rings (SSSR count). The van der Waals surface area contributed by atoms with Gasteiger partial charge in [0.05, 0.1) is 13.2 Å². The molecule has 6 atom stereocenters. The van der Waals surface area contributed by atoms with Crippen LogP contribution in [0.3, 0.4) is 0 Å². The number of benzene rings is 2. The van der Waals surface area contributed by atoms with Crippen LogP contribution in [-0.2, 0) is 6.42 Å². The Morgan fingerprint density at radius 2 is 1.82 bits per heavy atom. The van der Waals surface area contributed by atoms with Crippen molar-refractivity contribution in [3.63, 3.8) is 0 Å². The number of rotatable bonds is 2. The van der Waals surface area contributed by atoms with E-state index in [4.69, 9.17) is 4.74 Å². The Morgan fingerprint density at radius 1 is 1.04 bits per heavy atom. The quantitative estimate of drug-likeness (QED) is 0.772. The minimum Gasteiger partial charge on any atom is -0.508 e. The summed E-state index contributed by atoms with van der Waals surface area (Å²) < 4.78 is 5.37. The van der Waals surface area contributed by atoms with E-state index in [1.807, 2.05) is 12.1 Å². The number of phenolic OH excluding ortho intramolecular Hbond substituents is 1. The molecule has 3 heteroatoms. The maximum absolute atomic E-state index is 10.9. The molecule has 148 valence electrons. The molecule has 0 aromatic heterocycles. The van der Waals surface area contributed by atoms with E-state index in [0.717, 1.165) is 37.9 Å². The van der Waals surface area contributed by atoms with E-state index in [1.165, 1.54) is 16.7 Å². The van der Waals surface area contributed by atoms with Crippen molar-refractivity contribution >= 4 is 0 Å². The normalized spacial score (nSPS) is 36.3. The zero-order valence-electron chi connectivity index (χ0n) is 16.8. The first-order valence-corrected chi connectivity index (χ1v) is 10.6. The first-order valence-electron chi connectivity index (χ1n) is 10.6. The second kappa shape index (κ2) is 6.52. The highest BCUT2D eigenvalue weighted by Crippen LogP contribution is 2.65. The topological polar surface area (TPSA) is 49.7 Å². The third-order valence-corrected chi connectivity index (χ3v) is 8.21. The van der Waals surface area contributed by atoms with Gasteiger partial charge in [-0.1, -0.05) is 25.1 Å². The Morgan fingerprint density at radius 3 is 2.57 bits per heavy atom. The summed E-state index contributed by atoms with van der Waals surface area (Å²) >= 11 is 0. The van der Waals surface area contributed by atoms with Crippen molar-refractivity contribution in [3.05, 3.63) is 59.2 Å². The van der Waals surface area contributed by atoms with Gasteiger partial charge in [0.15, 0.2) is 0 Å². The van der Waals surface area contributed by atoms with Crippen molar-refractivity contribution in [1.29, 1.82) is 0 Å². The molecule has 0 radical (unpaired) electrons. The van der Waals surface area contributed by atoms with Gasteiger partial charge in [0, 0.05) is 0 Å². The molecule has 2 N–H and O–H groups in total. The maximum Gasteiger partial charge on any atom is 0.118 e. The molecule has 2 aromatic rings. The summed E-state index contributed by atoms with van der Waals surface area (Å²) in [5.41, 5.74) is 4.07. The van der Waals surface area contributed by atoms with E-state index >= 15 is 0 Å². The zero-order chi connectivity index (χ0) is 19.5. The predicted octanol–water partition coefficient (Wildman–Crippen LogP) is 5.01. The fourth-order valence-electron chi connectivity index (χ4n) is 6.84. The first-order chi connectivity index (χ1) is 13.5. The molecule has 3 aliphatic carbocycles. The van der Waals surface area contributed by atoms with E-state index < -0.39 is 0 Å². The van der Waals surface area contributed by atoms with Gasteiger partial charge in [-0.25, -0.2) is 0 Å². The largest absolute Gasteiger partial charge is 0.508 e. The summed E-state index contributed by atoms with van der Waals surface area (Å²) in [4.78, 5) is 0. The molecule has 2 saturated carbocycles. The number of aromatic hydroxyl groups is 1. The number of aliphatic hydroxyl groups excluding tert-OH is 1. The molecule has 0 saturated heterocycles. The van der Waals surface area contributed by atoms with Crippen LogP contribution < -0.4 is 4.74 Å². The fourth-order valence-corrected chi connectivity index (χ4v) is 6.84. The van der Waals surface area contributed by atoms with Gasteiger partial charge in [0.1, 0.15) is 11.5 Å². The first kappa shape index (κ1) is 18.1. The highest BCUT2D eigenvalue weighted by Gasteiger charge is 2.57. The lowest BCUT2D eigenvalue weighted by atomic mass is 9.51. The van der Waals surface area contributed by atoms with E-state index in [9.17, 15) is 10.2 Å². The number of aliphatic hydroxyl groups is 1. The smallest absolute Gasteiger partial charge is 0.118 e. The standard InChI is InChI=1S/C25H30O3/c1-25-14-21(15-3-7-18(28-2)8-4-15)24-19-10-6-17(26)13-16(19)5-9-20(24)22(25)11-12-23(25)27/h3-4,6-8,10,13,20-24,26-27H,5,9,11-12,14H2,1-2H3/t20?,21-,22?,23+,24?,25+/m1/s1. The highest BCUT2D eigenvalue weighted by atomic mass is 16.5. The van der Waals surface area contributed by atoms with Crippen LogP contribution in [0.4, 0.5) is 0 Å². The molecule has 2 aromatic carbocycles.